The van der Waals surface area contributed by atoms with Gasteiger partial charge in [-0.1, -0.05) is 35.6 Å². The molecule has 2 aromatic carbocycles. The monoisotopic (exact) mass is 520 g/mol. The van der Waals surface area contributed by atoms with Crippen LogP contribution < -0.4 is 24.4 Å². The second kappa shape index (κ2) is 11.2. The average molecular weight is 521 g/mol. The van der Waals surface area contributed by atoms with Crippen LogP contribution in [0.2, 0.25) is 0 Å². The van der Waals surface area contributed by atoms with Gasteiger partial charge in [-0.2, -0.15) is 0 Å². The molecule has 3 aromatic rings. The quantitative estimate of drug-likeness (QED) is 0.412. The molecule has 1 aliphatic heterocycles. The smallest absolute Gasteiger partial charge is 0.338 e. The highest BCUT2D eigenvalue weighted by Crippen LogP contribution is 2.32. The lowest BCUT2D eigenvalue weighted by molar-refractivity contribution is -0.143. The number of fused-ring (bicyclic) bond motifs is 1. The minimum atomic E-state index is -0.665. The van der Waals surface area contributed by atoms with Crippen molar-refractivity contribution in [2.75, 3.05) is 6.61 Å². The molecule has 0 bridgehead atoms. The molecule has 8 heteroatoms. The predicted molar refractivity (Wildman–Crippen MR) is 145 cm³/mol. The number of hydrogen-bond donors (Lipinski definition) is 0. The number of nitrogens with zero attached hydrogens (tertiary/aromatic N) is 2. The number of rotatable bonds is 8. The Bertz CT molecular complexity index is 1480. The van der Waals surface area contributed by atoms with Gasteiger partial charge in [-0.25, -0.2) is 9.79 Å². The molecule has 0 saturated heterocycles. The van der Waals surface area contributed by atoms with Gasteiger partial charge in [0.25, 0.3) is 5.56 Å². The molecular formula is C29H32N2O5S. The molecule has 1 atom stereocenters. The van der Waals surface area contributed by atoms with E-state index in [4.69, 9.17) is 14.2 Å². The Morgan fingerprint density at radius 2 is 1.68 bits per heavy atom. The zero-order chi connectivity index (χ0) is 26.7. The van der Waals surface area contributed by atoms with Crippen LogP contribution in [0.25, 0.3) is 6.08 Å². The fraction of sp³-hybridized carbons (Fsp3) is 0.345. The number of benzene rings is 2. The molecule has 0 unspecified atom stereocenters. The van der Waals surface area contributed by atoms with Crippen LogP contribution in [0.4, 0.5) is 0 Å². The highest BCUT2D eigenvalue weighted by atomic mass is 32.1. The van der Waals surface area contributed by atoms with Crippen LogP contribution >= 0.6 is 11.3 Å². The van der Waals surface area contributed by atoms with Gasteiger partial charge in [0.05, 0.1) is 40.7 Å². The number of allylic oxidation sites excluding steroid dienone is 1. The van der Waals surface area contributed by atoms with Crippen molar-refractivity contribution in [1.82, 2.24) is 4.57 Å². The summed E-state index contributed by atoms with van der Waals surface area (Å²) in [5.41, 5.74) is 2.32. The molecule has 2 heterocycles. The van der Waals surface area contributed by atoms with Gasteiger partial charge in [0.2, 0.25) is 0 Å². The Morgan fingerprint density at radius 1 is 1.03 bits per heavy atom. The summed E-state index contributed by atoms with van der Waals surface area (Å²) in [5.74, 6) is 1.01. The van der Waals surface area contributed by atoms with Crippen LogP contribution in [0.15, 0.2) is 69.6 Å². The molecular weight excluding hydrogens is 488 g/mol. The summed E-state index contributed by atoms with van der Waals surface area (Å²) in [7, 11) is 0. The van der Waals surface area contributed by atoms with E-state index in [0.717, 1.165) is 22.6 Å². The van der Waals surface area contributed by atoms with Gasteiger partial charge in [-0.15, -0.1) is 0 Å². The van der Waals surface area contributed by atoms with E-state index in [9.17, 15) is 9.59 Å². The fourth-order valence-corrected chi connectivity index (χ4v) is 5.20. The zero-order valence-corrected chi connectivity index (χ0v) is 22.8. The molecule has 1 aromatic heterocycles. The molecule has 194 valence electrons. The van der Waals surface area contributed by atoms with Crippen molar-refractivity contribution < 1.29 is 19.0 Å². The largest absolute Gasteiger partial charge is 0.494 e. The summed E-state index contributed by atoms with van der Waals surface area (Å²) in [6.07, 6.45) is 1.61. The molecule has 0 aliphatic carbocycles. The SMILES string of the molecule is CCOc1ccc([C@@H]2C(C(=O)OC(C)C)=C(C)N=c3s/c(=C/c4ccc(OC(C)C)cc4)c(=O)n32)cc1. The molecule has 0 amide bonds. The lowest BCUT2D eigenvalue weighted by Crippen LogP contribution is -2.40. The first-order chi connectivity index (χ1) is 17.7. The maximum Gasteiger partial charge on any atom is 0.338 e. The number of aromatic nitrogens is 1. The first-order valence-corrected chi connectivity index (χ1v) is 13.2. The summed E-state index contributed by atoms with van der Waals surface area (Å²) < 4.78 is 19.0. The van der Waals surface area contributed by atoms with E-state index in [1.807, 2.05) is 75.4 Å². The van der Waals surface area contributed by atoms with E-state index < -0.39 is 12.0 Å². The van der Waals surface area contributed by atoms with Crippen LogP contribution in [-0.2, 0) is 9.53 Å². The van der Waals surface area contributed by atoms with Crippen LogP contribution in [0.5, 0.6) is 11.5 Å². The van der Waals surface area contributed by atoms with Crippen molar-refractivity contribution in [3.05, 3.63) is 90.6 Å². The van der Waals surface area contributed by atoms with Crippen molar-refractivity contribution in [3.63, 3.8) is 0 Å². The second-order valence-corrected chi connectivity index (χ2v) is 10.3. The molecule has 0 fully saturated rings. The molecule has 0 spiro atoms. The third kappa shape index (κ3) is 5.85. The van der Waals surface area contributed by atoms with Gasteiger partial charge in [0.1, 0.15) is 11.5 Å². The number of esters is 1. The fourth-order valence-electron chi connectivity index (χ4n) is 4.15. The van der Waals surface area contributed by atoms with Gasteiger partial charge >= 0.3 is 5.97 Å². The van der Waals surface area contributed by atoms with Gasteiger partial charge in [-0.05, 0) is 83.0 Å². The second-order valence-electron chi connectivity index (χ2n) is 9.27. The Hall–Kier alpha value is -3.65. The van der Waals surface area contributed by atoms with Crippen LogP contribution in [-0.4, -0.2) is 29.4 Å². The summed E-state index contributed by atoms with van der Waals surface area (Å²) in [6, 6.07) is 14.4. The van der Waals surface area contributed by atoms with Gasteiger partial charge in [0.15, 0.2) is 4.80 Å². The van der Waals surface area contributed by atoms with E-state index in [2.05, 4.69) is 4.99 Å². The van der Waals surface area contributed by atoms with E-state index >= 15 is 0 Å². The van der Waals surface area contributed by atoms with Crippen LogP contribution in [0.3, 0.4) is 0 Å². The lowest BCUT2D eigenvalue weighted by Gasteiger charge is -2.25. The average Bonchev–Trinajstić information content (AvgIpc) is 3.13. The first-order valence-electron chi connectivity index (χ1n) is 12.4. The minimum Gasteiger partial charge on any atom is -0.494 e. The van der Waals surface area contributed by atoms with Crippen molar-refractivity contribution in [3.8, 4) is 11.5 Å². The van der Waals surface area contributed by atoms with Crippen molar-refractivity contribution in [2.24, 2.45) is 4.99 Å². The number of carbonyl (C=O) groups is 1. The number of thiazole rings is 1. The Balaban J connectivity index is 1.83. The Morgan fingerprint density at radius 3 is 2.27 bits per heavy atom. The molecule has 1 aliphatic rings. The van der Waals surface area contributed by atoms with Gasteiger partial charge in [0, 0.05) is 0 Å². The van der Waals surface area contributed by atoms with Crippen molar-refractivity contribution in [1.29, 1.82) is 0 Å². The van der Waals surface area contributed by atoms with Crippen LogP contribution in [0, 0.1) is 0 Å². The third-order valence-corrected chi connectivity index (χ3v) is 6.62. The first kappa shape index (κ1) is 26.4. The van der Waals surface area contributed by atoms with Gasteiger partial charge in [-0.3, -0.25) is 9.36 Å². The Labute approximate surface area is 220 Å². The highest BCUT2D eigenvalue weighted by Gasteiger charge is 2.33. The topological polar surface area (TPSA) is 79.1 Å². The van der Waals surface area contributed by atoms with E-state index in [1.165, 1.54) is 11.3 Å². The number of ether oxygens (including phenoxy) is 3. The molecule has 7 nitrogen and oxygen atoms in total. The standard InChI is InChI=1S/C29H32N2O5S/c1-7-34-22-14-10-21(11-15-22)26-25(28(33)36-18(4)5)19(6)30-29-31(26)27(32)24(37-29)16-20-8-12-23(13-9-20)35-17(2)3/h8-18,26H,7H2,1-6H3/b24-16+/t26-/m1/s1. The number of carbonyl (C=O) groups excluding carboxylic acids is 1. The maximum atomic E-state index is 13.7. The van der Waals surface area contributed by atoms with Crippen LogP contribution in [0.1, 0.15) is 58.7 Å². The Kier molecular flexibility index (Phi) is 7.97. The summed E-state index contributed by atoms with van der Waals surface area (Å²) in [6.45, 7) is 11.8. The molecule has 0 saturated carbocycles. The van der Waals surface area contributed by atoms with E-state index in [-0.39, 0.29) is 17.8 Å². The number of hydrogen-bond acceptors (Lipinski definition) is 7. The van der Waals surface area contributed by atoms with Crippen molar-refractivity contribution >= 4 is 23.4 Å². The predicted octanol–water partition coefficient (Wildman–Crippen LogP) is 4.37. The summed E-state index contributed by atoms with van der Waals surface area (Å²) in [4.78, 5) is 32.1. The normalized spacial score (nSPS) is 15.6. The summed E-state index contributed by atoms with van der Waals surface area (Å²) in [5, 5.41) is 0. The molecule has 37 heavy (non-hydrogen) atoms. The molecule has 0 radical (unpaired) electrons. The maximum absolute atomic E-state index is 13.7. The van der Waals surface area contributed by atoms with E-state index in [0.29, 0.717) is 27.2 Å². The zero-order valence-electron chi connectivity index (χ0n) is 22.0. The summed E-state index contributed by atoms with van der Waals surface area (Å²) >= 11 is 1.30. The van der Waals surface area contributed by atoms with Crippen molar-refractivity contribution in [2.45, 2.75) is 59.8 Å². The third-order valence-electron chi connectivity index (χ3n) is 5.64. The molecule has 4 rings (SSSR count). The molecule has 0 N–H and O–H groups in total. The lowest BCUT2D eigenvalue weighted by atomic mass is 9.96. The minimum absolute atomic E-state index is 0.0805. The van der Waals surface area contributed by atoms with Gasteiger partial charge < -0.3 is 14.2 Å². The van der Waals surface area contributed by atoms with E-state index in [1.54, 1.807) is 25.3 Å². The highest BCUT2D eigenvalue weighted by molar-refractivity contribution is 7.07.